The molecule has 0 spiro atoms. The van der Waals surface area contributed by atoms with E-state index in [0.29, 0.717) is 12.5 Å². The van der Waals surface area contributed by atoms with E-state index in [0.717, 1.165) is 43.3 Å². The predicted molar refractivity (Wildman–Crippen MR) is 72.8 cm³/mol. The Kier molecular flexibility index (Phi) is 4.53. The molecule has 0 aromatic carbocycles. The van der Waals surface area contributed by atoms with Crippen molar-refractivity contribution in [2.45, 2.75) is 39.5 Å². The topological polar surface area (TPSA) is 49.2 Å². The third kappa shape index (κ3) is 3.42. The molecule has 1 aliphatic heterocycles. The van der Waals surface area contributed by atoms with E-state index >= 15 is 0 Å². The summed E-state index contributed by atoms with van der Waals surface area (Å²) in [6.45, 7) is 6.43. The summed E-state index contributed by atoms with van der Waals surface area (Å²) in [7, 11) is 0. The highest BCUT2D eigenvalue weighted by molar-refractivity contribution is 5.32. The van der Waals surface area contributed by atoms with Crippen LogP contribution in [0.15, 0.2) is 6.07 Å². The van der Waals surface area contributed by atoms with Crippen LogP contribution in [0.1, 0.15) is 37.1 Å². The number of anilines is 1. The van der Waals surface area contributed by atoms with Crippen LogP contribution in [0, 0.1) is 19.8 Å². The van der Waals surface area contributed by atoms with E-state index in [1.807, 2.05) is 19.9 Å². The summed E-state index contributed by atoms with van der Waals surface area (Å²) in [6.07, 6.45) is 4.48. The van der Waals surface area contributed by atoms with Gasteiger partial charge in [0.15, 0.2) is 0 Å². The number of piperidine rings is 1. The molecule has 2 rings (SSSR count). The summed E-state index contributed by atoms with van der Waals surface area (Å²) in [5.41, 5.74) is 2.07. The van der Waals surface area contributed by atoms with Crippen molar-refractivity contribution in [3.63, 3.8) is 0 Å². The van der Waals surface area contributed by atoms with E-state index in [2.05, 4.69) is 14.9 Å². The second-order valence-corrected chi connectivity index (χ2v) is 5.27. The highest BCUT2D eigenvalue weighted by Crippen LogP contribution is 2.23. The molecule has 100 valence electrons. The lowest BCUT2D eigenvalue weighted by Crippen LogP contribution is -2.36. The number of rotatable bonds is 4. The Bertz CT molecular complexity index is 374. The first-order valence-electron chi connectivity index (χ1n) is 6.87. The first-order chi connectivity index (χ1) is 8.69. The normalized spacial score (nSPS) is 20.2. The highest BCUT2D eigenvalue weighted by atomic mass is 16.2. The van der Waals surface area contributed by atoms with Crippen LogP contribution in [0.25, 0.3) is 0 Å². The lowest BCUT2D eigenvalue weighted by Gasteiger charge is -2.33. The summed E-state index contributed by atoms with van der Waals surface area (Å²) in [5, 5.41) is 8.91. The minimum absolute atomic E-state index is 0.302. The molecule has 1 N–H and O–H groups in total. The predicted octanol–water partition coefficient (Wildman–Crippen LogP) is 2.08. The maximum Gasteiger partial charge on any atom is 0.225 e. The van der Waals surface area contributed by atoms with Gasteiger partial charge in [-0.15, -0.1) is 0 Å². The minimum atomic E-state index is 0.302. The van der Waals surface area contributed by atoms with Crippen LogP contribution in [-0.2, 0) is 0 Å². The highest BCUT2D eigenvalue weighted by Gasteiger charge is 2.21. The molecule has 4 nitrogen and oxygen atoms in total. The zero-order chi connectivity index (χ0) is 13.0. The average Bonchev–Trinajstić information content (AvgIpc) is 2.35. The van der Waals surface area contributed by atoms with Gasteiger partial charge >= 0.3 is 0 Å². The molecule has 4 heteroatoms. The third-order valence-corrected chi connectivity index (χ3v) is 3.54. The maximum atomic E-state index is 8.91. The number of aliphatic hydroxyl groups excluding tert-OH is 1. The van der Waals surface area contributed by atoms with Gasteiger partial charge in [-0.1, -0.05) is 0 Å². The molecule has 1 saturated heterocycles. The monoisotopic (exact) mass is 249 g/mol. The Morgan fingerprint density at radius 1 is 1.33 bits per heavy atom. The number of aliphatic hydroxyl groups is 1. The first-order valence-corrected chi connectivity index (χ1v) is 6.87. The number of aryl methyl sites for hydroxylation is 2. The summed E-state index contributed by atoms with van der Waals surface area (Å²) in [6, 6.07) is 2.01. The Labute approximate surface area is 109 Å². The van der Waals surface area contributed by atoms with Crippen molar-refractivity contribution in [2.24, 2.45) is 5.92 Å². The standard InChI is InChI=1S/C14H23N3O/c1-11-9-12(2)16-14(15-11)17-7-3-5-13(10-17)6-4-8-18/h9,13,18H,3-8,10H2,1-2H3/t13-/m0/s1. The van der Waals surface area contributed by atoms with Gasteiger partial charge in [-0.3, -0.25) is 0 Å². The molecule has 1 fully saturated rings. The number of hydrogen-bond acceptors (Lipinski definition) is 4. The number of aromatic nitrogens is 2. The number of hydrogen-bond donors (Lipinski definition) is 1. The summed E-state index contributed by atoms with van der Waals surface area (Å²) in [5.74, 6) is 1.55. The molecule has 0 amide bonds. The molecule has 0 saturated carbocycles. The van der Waals surface area contributed by atoms with Gasteiger partial charge in [-0.2, -0.15) is 0 Å². The average molecular weight is 249 g/mol. The molecular weight excluding hydrogens is 226 g/mol. The fourth-order valence-electron chi connectivity index (χ4n) is 2.71. The van der Waals surface area contributed by atoms with E-state index in [1.54, 1.807) is 0 Å². The summed E-state index contributed by atoms with van der Waals surface area (Å²) >= 11 is 0. The molecule has 1 aliphatic rings. The van der Waals surface area contributed by atoms with E-state index in [9.17, 15) is 0 Å². The molecule has 1 aromatic rings. The first kappa shape index (κ1) is 13.3. The second kappa shape index (κ2) is 6.14. The molecule has 1 atom stereocenters. The van der Waals surface area contributed by atoms with E-state index < -0.39 is 0 Å². The van der Waals surface area contributed by atoms with Gasteiger partial charge in [0.1, 0.15) is 0 Å². The Morgan fingerprint density at radius 3 is 2.72 bits per heavy atom. The lowest BCUT2D eigenvalue weighted by atomic mass is 9.94. The van der Waals surface area contributed by atoms with Gasteiger partial charge in [-0.25, -0.2) is 9.97 Å². The van der Waals surface area contributed by atoms with Gasteiger partial charge < -0.3 is 10.0 Å². The quantitative estimate of drug-likeness (QED) is 0.887. The van der Waals surface area contributed by atoms with Gasteiger partial charge in [-0.05, 0) is 51.5 Å². The maximum absolute atomic E-state index is 8.91. The second-order valence-electron chi connectivity index (χ2n) is 5.27. The fourth-order valence-corrected chi connectivity index (χ4v) is 2.71. The Hall–Kier alpha value is -1.16. The fraction of sp³-hybridized carbons (Fsp3) is 0.714. The largest absolute Gasteiger partial charge is 0.396 e. The summed E-state index contributed by atoms with van der Waals surface area (Å²) < 4.78 is 0. The lowest BCUT2D eigenvalue weighted by molar-refractivity contribution is 0.263. The smallest absolute Gasteiger partial charge is 0.225 e. The van der Waals surface area contributed by atoms with Gasteiger partial charge in [0.25, 0.3) is 0 Å². The molecule has 0 unspecified atom stereocenters. The molecule has 2 heterocycles. The van der Waals surface area contributed by atoms with Crippen molar-refractivity contribution in [1.29, 1.82) is 0 Å². The third-order valence-electron chi connectivity index (χ3n) is 3.54. The molecule has 0 bridgehead atoms. The van der Waals surface area contributed by atoms with Crippen molar-refractivity contribution < 1.29 is 5.11 Å². The zero-order valence-electron chi connectivity index (χ0n) is 11.4. The van der Waals surface area contributed by atoms with Crippen LogP contribution in [-0.4, -0.2) is 34.8 Å². The Morgan fingerprint density at radius 2 is 2.06 bits per heavy atom. The minimum Gasteiger partial charge on any atom is -0.396 e. The van der Waals surface area contributed by atoms with E-state index in [4.69, 9.17) is 5.11 Å². The van der Waals surface area contributed by atoms with Crippen LogP contribution >= 0.6 is 0 Å². The SMILES string of the molecule is Cc1cc(C)nc(N2CCC[C@@H](CCCO)C2)n1. The zero-order valence-corrected chi connectivity index (χ0v) is 11.4. The molecular formula is C14H23N3O. The van der Waals surface area contributed by atoms with Gasteiger partial charge in [0.05, 0.1) is 0 Å². The van der Waals surface area contributed by atoms with Crippen LogP contribution in [0.5, 0.6) is 0 Å². The number of nitrogens with zero attached hydrogens (tertiary/aromatic N) is 3. The Balaban J connectivity index is 2.03. The van der Waals surface area contributed by atoms with Crippen molar-refractivity contribution in [3.05, 3.63) is 17.5 Å². The van der Waals surface area contributed by atoms with Gasteiger partial charge in [0, 0.05) is 31.1 Å². The molecule has 0 radical (unpaired) electrons. The summed E-state index contributed by atoms with van der Waals surface area (Å²) in [4.78, 5) is 11.4. The molecule has 0 aliphatic carbocycles. The molecule has 1 aromatic heterocycles. The van der Waals surface area contributed by atoms with Crippen molar-refractivity contribution in [2.75, 3.05) is 24.6 Å². The van der Waals surface area contributed by atoms with Crippen molar-refractivity contribution in [3.8, 4) is 0 Å². The van der Waals surface area contributed by atoms with Crippen LogP contribution in [0.4, 0.5) is 5.95 Å². The molecule has 18 heavy (non-hydrogen) atoms. The van der Waals surface area contributed by atoms with E-state index in [-0.39, 0.29) is 0 Å². The van der Waals surface area contributed by atoms with Gasteiger partial charge in [0.2, 0.25) is 5.95 Å². The van der Waals surface area contributed by atoms with Crippen molar-refractivity contribution in [1.82, 2.24) is 9.97 Å². The van der Waals surface area contributed by atoms with Crippen LogP contribution < -0.4 is 4.90 Å². The van der Waals surface area contributed by atoms with Crippen LogP contribution in [0.2, 0.25) is 0 Å². The van der Waals surface area contributed by atoms with Crippen LogP contribution in [0.3, 0.4) is 0 Å². The van der Waals surface area contributed by atoms with E-state index in [1.165, 1.54) is 12.8 Å². The van der Waals surface area contributed by atoms with Crippen molar-refractivity contribution >= 4 is 5.95 Å².